The zero-order chi connectivity index (χ0) is 15.1. The first-order valence-corrected chi connectivity index (χ1v) is 7.53. The number of benzene rings is 2. The lowest BCUT2D eigenvalue weighted by Gasteiger charge is -2.09. The summed E-state index contributed by atoms with van der Waals surface area (Å²) in [6.45, 7) is 1.69. The van der Waals surface area contributed by atoms with Crippen molar-refractivity contribution < 1.29 is 8.78 Å². The minimum absolute atomic E-state index is 0.171. The molecule has 3 aromatic rings. The van der Waals surface area contributed by atoms with Gasteiger partial charge in [0.1, 0.15) is 17.5 Å². The van der Waals surface area contributed by atoms with Crippen LogP contribution in [0.5, 0.6) is 0 Å². The van der Waals surface area contributed by atoms with Crippen LogP contribution < -0.4 is 0 Å². The number of imidazole rings is 1. The minimum Gasteiger partial charge on any atom is -0.295 e. The number of halogens is 4. The van der Waals surface area contributed by atoms with Crippen molar-refractivity contribution in [3.63, 3.8) is 0 Å². The molecular weight excluding hydrogens is 362 g/mol. The van der Waals surface area contributed by atoms with Crippen LogP contribution in [-0.2, 0) is 5.88 Å². The predicted octanol–water partition coefficient (Wildman–Crippen LogP) is 5.11. The number of alkyl halides is 1. The molecule has 21 heavy (non-hydrogen) atoms. The number of hydrogen-bond donors (Lipinski definition) is 0. The van der Waals surface area contributed by atoms with E-state index < -0.39 is 0 Å². The van der Waals surface area contributed by atoms with E-state index in [1.54, 1.807) is 29.7 Å². The Morgan fingerprint density at radius 1 is 1.19 bits per heavy atom. The van der Waals surface area contributed by atoms with E-state index in [-0.39, 0.29) is 17.5 Å². The summed E-state index contributed by atoms with van der Waals surface area (Å²) < 4.78 is 29.2. The van der Waals surface area contributed by atoms with E-state index in [1.807, 2.05) is 0 Å². The van der Waals surface area contributed by atoms with Gasteiger partial charge in [0.25, 0.3) is 0 Å². The fraction of sp³-hybridized carbons (Fsp3) is 0.133. The van der Waals surface area contributed by atoms with Gasteiger partial charge in [0.15, 0.2) is 0 Å². The van der Waals surface area contributed by atoms with E-state index in [9.17, 15) is 8.78 Å². The quantitative estimate of drug-likeness (QED) is 0.572. The lowest BCUT2D eigenvalue weighted by molar-refractivity contribution is 0.618. The lowest BCUT2D eigenvalue weighted by atomic mass is 10.2. The third kappa shape index (κ3) is 2.45. The fourth-order valence-electron chi connectivity index (χ4n) is 2.27. The highest BCUT2D eigenvalue weighted by molar-refractivity contribution is 9.10. The Balaban J connectivity index is 2.34. The van der Waals surface area contributed by atoms with Crippen LogP contribution in [-0.4, -0.2) is 9.55 Å². The summed E-state index contributed by atoms with van der Waals surface area (Å²) >= 11 is 9.11. The van der Waals surface area contributed by atoms with Gasteiger partial charge in [0.05, 0.1) is 21.4 Å². The molecule has 0 radical (unpaired) electrons. The molecule has 2 nitrogen and oxygen atoms in total. The highest BCUT2D eigenvalue weighted by atomic mass is 79.9. The van der Waals surface area contributed by atoms with Crippen LogP contribution in [0.4, 0.5) is 8.78 Å². The summed E-state index contributed by atoms with van der Waals surface area (Å²) in [5.74, 6) is 0.0891. The van der Waals surface area contributed by atoms with Crippen molar-refractivity contribution in [1.29, 1.82) is 0 Å². The Hall–Kier alpha value is -1.46. The van der Waals surface area contributed by atoms with Crippen molar-refractivity contribution >= 4 is 38.6 Å². The Labute approximate surface area is 133 Å². The van der Waals surface area contributed by atoms with Gasteiger partial charge >= 0.3 is 0 Å². The third-order valence-electron chi connectivity index (χ3n) is 3.29. The zero-order valence-electron chi connectivity index (χ0n) is 11.0. The molecule has 0 bridgehead atoms. The molecule has 0 unspecified atom stereocenters. The summed E-state index contributed by atoms with van der Waals surface area (Å²) in [6.07, 6.45) is 0. The predicted molar refractivity (Wildman–Crippen MR) is 83.0 cm³/mol. The summed E-state index contributed by atoms with van der Waals surface area (Å²) in [4.78, 5) is 4.34. The number of hydrogen-bond acceptors (Lipinski definition) is 1. The van der Waals surface area contributed by atoms with Crippen LogP contribution >= 0.6 is 27.5 Å². The molecule has 108 valence electrons. The van der Waals surface area contributed by atoms with Gasteiger partial charge in [0.2, 0.25) is 0 Å². The molecule has 0 saturated carbocycles. The monoisotopic (exact) mass is 370 g/mol. The first-order valence-electron chi connectivity index (χ1n) is 6.20. The van der Waals surface area contributed by atoms with Crippen LogP contribution in [0.25, 0.3) is 16.7 Å². The number of nitrogens with zero attached hydrogens (tertiary/aromatic N) is 2. The van der Waals surface area contributed by atoms with Crippen molar-refractivity contribution in [2.24, 2.45) is 0 Å². The molecular formula is C15H10BrClF2N2. The Kier molecular flexibility index (Phi) is 3.71. The maximum atomic E-state index is 13.6. The zero-order valence-corrected chi connectivity index (χ0v) is 13.3. The first kappa shape index (κ1) is 14.5. The molecule has 0 aliphatic heterocycles. The summed E-state index contributed by atoms with van der Waals surface area (Å²) in [6, 6.07) is 7.75. The number of rotatable bonds is 2. The smallest absolute Gasteiger partial charge is 0.139 e. The van der Waals surface area contributed by atoms with Crippen molar-refractivity contribution in [2.45, 2.75) is 12.8 Å². The van der Waals surface area contributed by atoms with Gasteiger partial charge in [-0.25, -0.2) is 13.8 Å². The van der Waals surface area contributed by atoms with Crippen LogP contribution in [0.15, 0.2) is 34.8 Å². The molecule has 1 aromatic heterocycles. The first-order chi connectivity index (χ1) is 10.0. The van der Waals surface area contributed by atoms with E-state index in [4.69, 9.17) is 11.6 Å². The maximum absolute atomic E-state index is 13.6. The van der Waals surface area contributed by atoms with Gasteiger partial charge < -0.3 is 0 Å². The van der Waals surface area contributed by atoms with Crippen molar-refractivity contribution in [1.82, 2.24) is 9.55 Å². The third-order valence-corrected chi connectivity index (χ3v) is 4.13. The van der Waals surface area contributed by atoms with Gasteiger partial charge in [-0.3, -0.25) is 4.57 Å². The van der Waals surface area contributed by atoms with Crippen molar-refractivity contribution in [3.8, 4) is 5.69 Å². The van der Waals surface area contributed by atoms with E-state index in [0.29, 0.717) is 26.9 Å². The van der Waals surface area contributed by atoms with Crippen LogP contribution in [0, 0.1) is 18.6 Å². The van der Waals surface area contributed by atoms with Crippen molar-refractivity contribution in [2.75, 3.05) is 0 Å². The molecule has 3 rings (SSSR count). The summed E-state index contributed by atoms with van der Waals surface area (Å²) in [5, 5.41) is 0. The summed E-state index contributed by atoms with van der Waals surface area (Å²) in [5.41, 5.74) is 2.49. The highest BCUT2D eigenvalue weighted by Gasteiger charge is 2.15. The highest BCUT2D eigenvalue weighted by Crippen LogP contribution is 2.28. The van der Waals surface area contributed by atoms with E-state index >= 15 is 0 Å². The van der Waals surface area contributed by atoms with E-state index in [2.05, 4.69) is 20.9 Å². The largest absolute Gasteiger partial charge is 0.295 e. The van der Waals surface area contributed by atoms with Gasteiger partial charge in [0, 0.05) is 11.8 Å². The fourth-order valence-corrected chi connectivity index (χ4v) is 2.78. The van der Waals surface area contributed by atoms with E-state index in [0.717, 1.165) is 5.69 Å². The van der Waals surface area contributed by atoms with Crippen LogP contribution in [0.1, 0.15) is 11.4 Å². The Morgan fingerprint density at radius 3 is 2.62 bits per heavy atom. The molecule has 0 atom stereocenters. The average Bonchev–Trinajstić information content (AvgIpc) is 2.80. The average molecular weight is 372 g/mol. The summed E-state index contributed by atoms with van der Waals surface area (Å²) in [7, 11) is 0. The number of fused-ring (bicyclic) bond motifs is 1. The standard InChI is InChI=1S/C15H10BrClF2N2/c1-8-4-9(2-3-11(8)18)21-14-5-10(16)12(19)6-13(14)20-15(21)7-17/h2-6H,7H2,1H3. The lowest BCUT2D eigenvalue weighted by Crippen LogP contribution is -2.00. The number of aromatic nitrogens is 2. The van der Waals surface area contributed by atoms with Gasteiger partial charge in [-0.2, -0.15) is 0 Å². The van der Waals surface area contributed by atoms with Gasteiger partial charge in [-0.15, -0.1) is 11.6 Å². The second-order valence-corrected chi connectivity index (χ2v) is 5.81. The normalized spacial score (nSPS) is 11.3. The van der Waals surface area contributed by atoms with Gasteiger partial charge in [-0.1, -0.05) is 0 Å². The topological polar surface area (TPSA) is 17.8 Å². The Bertz CT molecular complexity index is 845. The minimum atomic E-state index is -0.386. The maximum Gasteiger partial charge on any atom is 0.139 e. The Morgan fingerprint density at radius 2 is 1.95 bits per heavy atom. The molecule has 0 fully saturated rings. The second kappa shape index (κ2) is 5.39. The van der Waals surface area contributed by atoms with Crippen molar-refractivity contribution in [3.05, 3.63) is 57.8 Å². The molecule has 6 heteroatoms. The SMILES string of the molecule is Cc1cc(-n2c(CCl)nc3cc(F)c(Br)cc32)ccc1F. The molecule has 2 aromatic carbocycles. The molecule has 0 amide bonds. The van der Waals surface area contributed by atoms with Crippen LogP contribution in [0.2, 0.25) is 0 Å². The second-order valence-electron chi connectivity index (χ2n) is 4.69. The number of aryl methyl sites for hydroxylation is 1. The molecule has 0 aliphatic carbocycles. The molecule has 0 saturated heterocycles. The van der Waals surface area contributed by atoms with E-state index in [1.165, 1.54) is 12.1 Å². The molecule has 0 aliphatic rings. The molecule has 0 N–H and O–H groups in total. The molecule has 1 heterocycles. The van der Waals surface area contributed by atoms with Gasteiger partial charge in [-0.05, 0) is 52.7 Å². The molecule has 0 spiro atoms. The van der Waals surface area contributed by atoms with Crippen LogP contribution in [0.3, 0.4) is 0 Å².